The Morgan fingerprint density at radius 3 is 2.64 bits per heavy atom. The highest BCUT2D eigenvalue weighted by Gasteiger charge is 2.16. The van der Waals surface area contributed by atoms with Crippen LogP contribution in [0.15, 0.2) is 45.7 Å². The van der Waals surface area contributed by atoms with E-state index in [2.05, 4.69) is 0 Å². The molecular formula is C16H12FNO4. The van der Waals surface area contributed by atoms with Crippen molar-refractivity contribution < 1.29 is 18.7 Å². The van der Waals surface area contributed by atoms with Crippen LogP contribution in [0.25, 0.3) is 11.1 Å². The van der Waals surface area contributed by atoms with Gasteiger partial charge in [0, 0.05) is 31.3 Å². The molecule has 0 aliphatic rings. The molecule has 0 unspecified atom stereocenters. The van der Waals surface area contributed by atoms with Crippen molar-refractivity contribution in [2.45, 2.75) is 6.42 Å². The maximum atomic E-state index is 12.9. The van der Waals surface area contributed by atoms with E-state index in [0.717, 1.165) is 5.56 Å². The van der Waals surface area contributed by atoms with E-state index in [0.29, 0.717) is 12.0 Å². The number of pyridine rings is 1. The van der Waals surface area contributed by atoms with Gasteiger partial charge in [0.25, 0.3) is 0 Å². The highest BCUT2D eigenvalue weighted by molar-refractivity contribution is 5.90. The number of hydrogen-bond acceptors (Lipinski definition) is 3. The Hall–Kier alpha value is -2.89. The molecule has 5 nitrogen and oxygen atoms in total. The molecule has 0 aliphatic heterocycles. The number of furan rings is 1. The van der Waals surface area contributed by atoms with E-state index in [4.69, 9.17) is 9.52 Å². The lowest BCUT2D eigenvalue weighted by Crippen LogP contribution is -2.12. The van der Waals surface area contributed by atoms with E-state index >= 15 is 0 Å². The molecule has 1 aromatic carbocycles. The molecule has 0 spiro atoms. The van der Waals surface area contributed by atoms with Crippen LogP contribution in [0.5, 0.6) is 0 Å². The molecule has 3 aromatic rings. The van der Waals surface area contributed by atoms with Crippen molar-refractivity contribution in [2.24, 2.45) is 7.05 Å². The van der Waals surface area contributed by atoms with E-state index in [-0.39, 0.29) is 28.1 Å². The second-order valence-electron chi connectivity index (χ2n) is 5.03. The molecule has 2 heterocycles. The van der Waals surface area contributed by atoms with Crippen LogP contribution in [-0.4, -0.2) is 15.6 Å². The van der Waals surface area contributed by atoms with E-state index in [1.54, 1.807) is 29.9 Å². The highest BCUT2D eigenvalue weighted by atomic mass is 19.1. The summed E-state index contributed by atoms with van der Waals surface area (Å²) in [6.07, 6.45) is 1.93. The van der Waals surface area contributed by atoms with Crippen molar-refractivity contribution in [3.63, 3.8) is 0 Å². The molecule has 22 heavy (non-hydrogen) atoms. The fraction of sp³-hybridized carbons (Fsp3) is 0.125. The van der Waals surface area contributed by atoms with Gasteiger partial charge in [0.05, 0.1) is 5.39 Å². The highest BCUT2D eigenvalue weighted by Crippen LogP contribution is 2.18. The number of hydrogen-bond donors (Lipinski definition) is 1. The summed E-state index contributed by atoms with van der Waals surface area (Å²) < 4.78 is 19.7. The first-order valence-electron chi connectivity index (χ1n) is 6.55. The fourth-order valence-corrected chi connectivity index (χ4v) is 2.38. The van der Waals surface area contributed by atoms with Gasteiger partial charge >= 0.3 is 5.97 Å². The number of aryl methyl sites for hydroxylation is 1. The summed E-state index contributed by atoms with van der Waals surface area (Å²) >= 11 is 0. The Morgan fingerprint density at radius 2 is 2.00 bits per heavy atom. The zero-order chi connectivity index (χ0) is 15.9. The minimum atomic E-state index is -1.23. The smallest absolute Gasteiger partial charge is 0.371 e. The minimum absolute atomic E-state index is 0.213. The average Bonchev–Trinajstić information content (AvgIpc) is 2.93. The molecule has 0 radical (unpaired) electrons. The maximum absolute atomic E-state index is 12.9. The normalized spacial score (nSPS) is 11.0. The Morgan fingerprint density at radius 1 is 1.32 bits per heavy atom. The molecule has 2 aromatic heterocycles. The predicted octanol–water partition coefficient (Wildman–Crippen LogP) is 2.56. The van der Waals surface area contributed by atoms with Crippen LogP contribution in [0.2, 0.25) is 0 Å². The van der Waals surface area contributed by atoms with Crippen LogP contribution in [-0.2, 0) is 13.5 Å². The first-order chi connectivity index (χ1) is 10.5. The van der Waals surface area contributed by atoms with Gasteiger partial charge in [-0.3, -0.25) is 4.79 Å². The minimum Gasteiger partial charge on any atom is -0.475 e. The Bertz CT molecular complexity index is 922. The molecule has 0 aliphatic carbocycles. The quantitative estimate of drug-likeness (QED) is 0.807. The van der Waals surface area contributed by atoms with Gasteiger partial charge in [0.15, 0.2) is 5.43 Å². The number of benzene rings is 1. The van der Waals surface area contributed by atoms with Gasteiger partial charge in [-0.2, -0.15) is 0 Å². The van der Waals surface area contributed by atoms with E-state index < -0.39 is 5.97 Å². The van der Waals surface area contributed by atoms with E-state index in [1.807, 2.05) is 0 Å². The van der Waals surface area contributed by atoms with Gasteiger partial charge in [0.2, 0.25) is 11.5 Å². The van der Waals surface area contributed by atoms with Crippen LogP contribution in [0.3, 0.4) is 0 Å². The van der Waals surface area contributed by atoms with Gasteiger partial charge in [-0.15, -0.1) is 0 Å². The zero-order valence-corrected chi connectivity index (χ0v) is 11.7. The van der Waals surface area contributed by atoms with Crippen molar-refractivity contribution in [1.29, 1.82) is 0 Å². The first kappa shape index (κ1) is 14.1. The lowest BCUT2D eigenvalue weighted by molar-refractivity contribution is 0.0664. The third-order valence-electron chi connectivity index (χ3n) is 3.44. The predicted molar refractivity (Wildman–Crippen MR) is 77.6 cm³/mol. The summed E-state index contributed by atoms with van der Waals surface area (Å²) in [7, 11) is 1.67. The molecule has 1 N–H and O–H groups in total. The van der Waals surface area contributed by atoms with Gasteiger partial charge in [-0.05, 0) is 17.7 Å². The Labute approximate surface area is 124 Å². The third-order valence-corrected chi connectivity index (χ3v) is 3.44. The number of aromatic nitrogens is 1. The summed E-state index contributed by atoms with van der Waals surface area (Å²) in [5.74, 6) is -1.84. The molecular weight excluding hydrogens is 289 g/mol. The van der Waals surface area contributed by atoms with Crippen LogP contribution < -0.4 is 5.43 Å². The molecule has 6 heteroatoms. The summed E-state index contributed by atoms with van der Waals surface area (Å²) in [5.41, 5.74) is 1.21. The van der Waals surface area contributed by atoms with Crippen molar-refractivity contribution in [1.82, 2.24) is 4.57 Å². The molecule has 0 amide bonds. The second kappa shape index (κ2) is 5.14. The van der Waals surface area contributed by atoms with Gasteiger partial charge < -0.3 is 14.1 Å². The van der Waals surface area contributed by atoms with Crippen molar-refractivity contribution in [3.8, 4) is 0 Å². The lowest BCUT2D eigenvalue weighted by Gasteiger charge is -2.05. The number of carboxylic acids is 1. The number of aromatic carboxylic acids is 1. The summed E-state index contributed by atoms with van der Waals surface area (Å²) in [5, 5.41) is 9.18. The monoisotopic (exact) mass is 301 g/mol. The summed E-state index contributed by atoms with van der Waals surface area (Å²) in [4.78, 5) is 23.4. The number of halogens is 1. The molecule has 0 bridgehead atoms. The molecule has 0 saturated heterocycles. The lowest BCUT2D eigenvalue weighted by atomic mass is 10.1. The van der Waals surface area contributed by atoms with Crippen LogP contribution >= 0.6 is 0 Å². The first-order valence-corrected chi connectivity index (χ1v) is 6.55. The Balaban J connectivity index is 2.10. The third kappa shape index (κ3) is 2.39. The van der Waals surface area contributed by atoms with E-state index in [1.165, 1.54) is 18.2 Å². The van der Waals surface area contributed by atoms with Crippen molar-refractivity contribution in [2.75, 3.05) is 0 Å². The number of carboxylic acid groups (broad SMARTS) is 1. The fourth-order valence-electron chi connectivity index (χ4n) is 2.38. The van der Waals surface area contributed by atoms with Crippen LogP contribution in [0.1, 0.15) is 21.7 Å². The topological polar surface area (TPSA) is 72.4 Å². The number of nitrogens with zero attached hydrogens (tertiary/aromatic N) is 1. The second-order valence-corrected chi connectivity index (χ2v) is 5.03. The number of carbonyl (C=O) groups is 1. The molecule has 3 rings (SSSR count). The van der Waals surface area contributed by atoms with Crippen molar-refractivity contribution in [3.05, 3.63) is 69.5 Å². The average molecular weight is 301 g/mol. The van der Waals surface area contributed by atoms with E-state index in [9.17, 15) is 14.0 Å². The number of fused-ring (bicyclic) bond motifs is 1. The Kier molecular flexibility index (Phi) is 3.29. The zero-order valence-electron chi connectivity index (χ0n) is 11.7. The molecule has 112 valence electrons. The van der Waals surface area contributed by atoms with Gasteiger partial charge in [0.1, 0.15) is 5.82 Å². The van der Waals surface area contributed by atoms with Gasteiger partial charge in [-0.1, -0.05) is 12.1 Å². The molecule has 0 saturated carbocycles. The maximum Gasteiger partial charge on any atom is 0.371 e. The van der Waals surface area contributed by atoms with Gasteiger partial charge in [-0.25, -0.2) is 9.18 Å². The largest absolute Gasteiger partial charge is 0.475 e. The molecule has 0 fully saturated rings. The SMILES string of the molecule is Cn1cc(Cc2ccc(F)cc2)c(=O)c2cc(C(=O)O)oc21. The van der Waals surface area contributed by atoms with Crippen LogP contribution in [0.4, 0.5) is 4.39 Å². The number of rotatable bonds is 3. The summed E-state index contributed by atoms with van der Waals surface area (Å²) in [6, 6.07) is 7.11. The standard InChI is InChI=1S/C16H12FNO4/c1-18-8-10(6-9-2-4-11(17)5-3-9)14(19)12-7-13(16(20)21)22-15(12)18/h2-5,7-8H,6H2,1H3,(H,20,21). The van der Waals surface area contributed by atoms with Crippen LogP contribution in [0, 0.1) is 5.82 Å². The summed E-state index contributed by atoms with van der Waals surface area (Å²) in [6.45, 7) is 0. The molecule has 0 atom stereocenters. The van der Waals surface area contributed by atoms with Crippen molar-refractivity contribution >= 4 is 17.1 Å².